The Balaban J connectivity index is 2.23. The molecule has 0 aliphatic carbocycles. The number of thioether (sulfide) groups is 2. The van der Waals surface area contributed by atoms with Gasteiger partial charge in [0.2, 0.25) is 0 Å². The molecule has 1 saturated heterocycles. The monoisotopic (exact) mass is 255 g/mol. The van der Waals surface area contributed by atoms with Crippen molar-refractivity contribution in [3.63, 3.8) is 0 Å². The number of non-ortho nitro benzene ring substituents is 1. The van der Waals surface area contributed by atoms with E-state index in [2.05, 4.69) is 6.92 Å². The van der Waals surface area contributed by atoms with Crippen molar-refractivity contribution in [2.45, 2.75) is 17.4 Å². The quantitative estimate of drug-likeness (QED) is 0.598. The second-order valence-corrected chi connectivity index (χ2v) is 7.09. The highest BCUT2D eigenvalue weighted by atomic mass is 32.2. The van der Waals surface area contributed by atoms with Crippen LogP contribution in [0.4, 0.5) is 5.69 Å². The summed E-state index contributed by atoms with van der Waals surface area (Å²) in [6, 6.07) is 6.94. The summed E-state index contributed by atoms with van der Waals surface area (Å²) in [5.74, 6) is 2.33. The second-order valence-electron chi connectivity index (χ2n) is 3.80. The van der Waals surface area contributed by atoms with Crippen LogP contribution in [-0.4, -0.2) is 16.4 Å². The Hall–Kier alpha value is -0.680. The number of hydrogen-bond acceptors (Lipinski definition) is 4. The topological polar surface area (TPSA) is 43.1 Å². The second kappa shape index (κ2) is 4.67. The van der Waals surface area contributed by atoms with E-state index in [4.69, 9.17) is 0 Å². The molecule has 1 aromatic carbocycles. The van der Waals surface area contributed by atoms with Crippen LogP contribution in [0.15, 0.2) is 24.3 Å². The fourth-order valence-electron chi connectivity index (χ4n) is 1.69. The predicted molar refractivity (Wildman–Crippen MR) is 70.0 cm³/mol. The van der Waals surface area contributed by atoms with Crippen LogP contribution in [0.3, 0.4) is 0 Å². The summed E-state index contributed by atoms with van der Waals surface area (Å²) < 4.78 is 0.0629. The molecule has 0 N–H and O–H groups in total. The highest BCUT2D eigenvalue weighted by molar-refractivity contribution is 8.18. The van der Waals surface area contributed by atoms with Crippen LogP contribution >= 0.6 is 23.5 Å². The van der Waals surface area contributed by atoms with Crippen molar-refractivity contribution in [1.29, 1.82) is 0 Å². The lowest BCUT2D eigenvalue weighted by Crippen LogP contribution is -2.18. The number of nitro benzene ring substituents is 1. The lowest BCUT2D eigenvalue weighted by atomic mass is 10.1. The van der Waals surface area contributed by atoms with Gasteiger partial charge in [-0.1, -0.05) is 0 Å². The molecule has 2 rings (SSSR count). The Morgan fingerprint density at radius 2 is 1.81 bits per heavy atom. The molecule has 0 aromatic heterocycles. The molecule has 1 fully saturated rings. The molecular formula is C11H13NO2S2. The Bertz CT molecular complexity index is 385. The smallest absolute Gasteiger partial charge is 0.258 e. The van der Waals surface area contributed by atoms with Crippen LogP contribution < -0.4 is 0 Å². The first kappa shape index (κ1) is 11.8. The minimum Gasteiger partial charge on any atom is -0.258 e. The summed E-state index contributed by atoms with van der Waals surface area (Å²) in [4.78, 5) is 10.2. The van der Waals surface area contributed by atoms with Crippen molar-refractivity contribution >= 4 is 29.2 Å². The maximum atomic E-state index is 10.6. The van der Waals surface area contributed by atoms with E-state index in [-0.39, 0.29) is 14.7 Å². The summed E-state index contributed by atoms with van der Waals surface area (Å²) >= 11 is 3.85. The van der Waals surface area contributed by atoms with Crippen LogP contribution in [-0.2, 0) is 4.08 Å². The van der Waals surface area contributed by atoms with Gasteiger partial charge in [0.25, 0.3) is 5.69 Å². The van der Waals surface area contributed by atoms with Crippen LogP contribution in [0.5, 0.6) is 0 Å². The van der Waals surface area contributed by atoms with Gasteiger partial charge in [-0.2, -0.15) is 0 Å². The van der Waals surface area contributed by atoms with Gasteiger partial charge in [-0.3, -0.25) is 10.1 Å². The predicted octanol–water partition coefficient (Wildman–Crippen LogP) is 3.64. The highest BCUT2D eigenvalue weighted by Gasteiger charge is 2.30. The Kier molecular flexibility index (Phi) is 3.44. The average molecular weight is 255 g/mol. The molecule has 1 aliphatic heterocycles. The Morgan fingerprint density at radius 3 is 2.31 bits per heavy atom. The van der Waals surface area contributed by atoms with Gasteiger partial charge >= 0.3 is 0 Å². The van der Waals surface area contributed by atoms with Crippen molar-refractivity contribution in [2.75, 3.05) is 11.5 Å². The zero-order valence-electron chi connectivity index (χ0n) is 9.01. The van der Waals surface area contributed by atoms with Crippen molar-refractivity contribution in [3.8, 4) is 0 Å². The SMILES string of the molecule is CC1(c2ccc([N+](=O)[O-])cc2)SCCCS1. The van der Waals surface area contributed by atoms with Gasteiger partial charge in [0.1, 0.15) is 0 Å². The molecule has 3 nitrogen and oxygen atoms in total. The summed E-state index contributed by atoms with van der Waals surface area (Å²) in [6.45, 7) is 2.20. The third kappa shape index (κ3) is 2.35. The van der Waals surface area contributed by atoms with Gasteiger partial charge in [0, 0.05) is 12.1 Å². The van der Waals surface area contributed by atoms with E-state index in [1.165, 1.54) is 23.5 Å². The maximum absolute atomic E-state index is 10.6. The Labute approximate surface area is 103 Å². The van der Waals surface area contributed by atoms with E-state index in [9.17, 15) is 10.1 Å². The lowest BCUT2D eigenvalue weighted by Gasteiger charge is -2.32. The maximum Gasteiger partial charge on any atom is 0.269 e. The van der Waals surface area contributed by atoms with E-state index in [0.717, 1.165) is 0 Å². The van der Waals surface area contributed by atoms with Crippen molar-refractivity contribution in [3.05, 3.63) is 39.9 Å². The van der Waals surface area contributed by atoms with Gasteiger partial charge in [-0.15, -0.1) is 23.5 Å². The summed E-state index contributed by atoms with van der Waals surface area (Å²) in [7, 11) is 0. The molecule has 1 aliphatic rings. The molecule has 0 atom stereocenters. The fourth-order valence-corrected chi connectivity index (χ4v) is 4.66. The zero-order chi connectivity index (χ0) is 11.6. The van der Waals surface area contributed by atoms with E-state index in [1.807, 2.05) is 35.7 Å². The van der Waals surface area contributed by atoms with Crippen molar-refractivity contribution < 1.29 is 4.92 Å². The number of rotatable bonds is 2. The summed E-state index contributed by atoms with van der Waals surface area (Å²) in [5.41, 5.74) is 1.34. The van der Waals surface area contributed by atoms with Crippen molar-refractivity contribution in [2.24, 2.45) is 0 Å². The van der Waals surface area contributed by atoms with Gasteiger partial charge in [0.05, 0.1) is 9.00 Å². The summed E-state index contributed by atoms with van der Waals surface area (Å²) in [5, 5.41) is 10.6. The van der Waals surface area contributed by atoms with E-state index in [0.29, 0.717) is 0 Å². The number of benzene rings is 1. The number of nitro groups is 1. The van der Waals surface area contributed by atoms with Crippen LogP contribution in [0, 0.1) is 10.1 Å². The van der Waals surface area contributed by atoms with Crippen molar-refractivity contribution in [1.82, 2.24) is 0 Å². The normalized spacial score (nSPS) is 19.3. The number of nitrogens with zero attached hydrogens (tertiary/aromatic N) is 1. The van der Waals surface area contributed by atoms with Crippen LogP contribution in [0.25, 0.3) is 0 Å². The average Bonchev–Trinajstić information content (AvgIpc) is 2.30. The molecule has 5 heteroatoms. The minimum absolute atomic E-state index is 0.0629. The molecule has 16 heavy (non-hydrogen) atoms. The molecule has 0 saturated carbocycles. The molecule has 1 aromatic rings. The first-order chi connectivity index (χ1) is 7.62. The largest absolute Gasteiger partial charge is 0.269 e. The lowest BCUT2D eigenvalue weighted by molar-refractivity contribution is -0.384. The molecule has 0 bridgehead atoms. The fraction of sp³-hybridized carbons (Fsp3) is 0.455. The van der Waals surface area contributed by atoms with Gasteiger partial charge in [-0.25, -0.2) is 0 Å². The first-order valence-corrected chi connectivity index (χ1v) is 7.12. The highest BCUT2D eigenvalue weighted by Crippen LogP contribution is 2.49. The number of hydrogen-bond donors (Lipinski definition) is 0. The third-order valence-corrected chi connectivity index (χ3v) is 5.91. The zero-order valence-corrected chi connectivity index (χ0v) is 10.6. The molecule has 0 spiro atoms. The molecule has 86 valence electrons. The van der Waals surface area contributed by atoms with Gasteiger partial charge < -0.3 is 0 Å². The molecule has 0 amide bonds. The van der Waals surface area contributed by atoms with Crippen LogP contribution in [0.1, 0.15) is 18.9 Å². The molecular weight excluding hydrogens is 242 g/mol. The standard InChI is InChI=1S/C11H13NO2S2/c1-11(15-7-2-8-16-11)9-3-5-10(6-4-9)12(13)14/h3-6H,2,7-8H2,1H3. The van der Waals surface area contributed by atoms with E-state index >= 15 is 0 Å². The Morgan fingerprint density at radius 1 is 1.25 bits per heavy atom. The van der Waals surface area contributed by atoms with E-state index in [1.54, 1.807) is 12.1 Å². The van der Waals surface area contributed by atoms with Gasteiger partial charge in [0.15, 0.2) is 0 Å². The molecule has 0 unspecified atom stereocenters. The first-order valence-electron chi connectivity index (χ1n) is 5.15. The minimum atomic E-state index is -0.354. The van der Waals surface area contributed by atoms with Gasteiger partial charge in [-0.05, 0) is 42.5 Å². The molecule has 1 heterocycles. The van der Waals surface area contributed by atoms with Crippen LogP contribution in [0.2, 0.25) is 0 Å². The third-order valence-electron chi connectivity index (χ3n) is 2.65. The summed E-state index contributed by atoms with van der Waals surface area (Å²) in [6.07, 6.45) is 1.25. The van der Waals surface area contributed by atoms with E-state index < -0.39 is 0 Å². The molecule has 0 radical (unpaired) electrons.